The highest BCUT2D eigenvalue weighted by atomic mass is 32.2. The SMILES string of the molecule is O=S(=O)(NCCn1ncc2c1CCCC2)c1ccc2ccccc2c1. The number of hydrogen-bond acceptors (Lipinski definition) is 3. The van der Waals surface area contributed by atoms with Gasteiger partial charge in [0.25, 0.3) is 0 Å². The Labute approximate surface area is 147 Å². The average molecular weight is 355 g/mol. The Morgan fingerprint density at radius 3 is 2.72 bits per heavy atom. The van der Waals surface area contributed by atoms with Crippen molar-refractivity contribution in [2.45, 2.75) is 37.1 Å². The number of nitrogens with zero attached hydrogens (tertiary/aromatic N) is 2. The Hall–Kier alpha value is -2.18. The Kier molecular flexibility index (Phi) is 4.31. The lowest BCUT2D eigenvalue weighted by molar-refractivity contribution is 0.538. The number of sulfonamides is 1. The Morgan fingerprint density at radius 1 is 1.04 bits per heavy atom. The summed E-state index contributed by atoms with van der Waals surface area (Å²) < 4.78 is 29.7. The second-order valence-electron chi connectivity index (χ2n) is 6.45. The van der Waals surface area contributed by atoms with Gasteiger partial charge in [-0.25, -0.2) is 13.1 Å². The zero-order chi connectivity index (χ0) is 17.3. The number of nitrogens with one attached hydrogen (secondary N) is 1. The highest BCUT2D eigenvalue weighted by Crippen LogP contribution is 2.21. The minimum absolute atomic E-state index is 0.300. The molecule has 25 heavy (non-hydrogen) atoms. The molecule has 0 spiro atoms. The molecular weight excluding hydrogens is 334 g/mol. The van der Waals surface area contributed by atoms with Crippen molar-refractivity contribution in [3.8, 4) is 0 Å². The summed E-state index contributed by atoms with van der Waals surface area (Å²) in [5.41, 5.74) is 2.57. The van der Waals surface area contributed by atoms with E-state index >= 15 is 0 Å². The van der Waals surface area contributed by atoms with E-state index in [4.69, 9.17) is 0 Å². The zero-order valence-electron chi connectivity index (χ0n) is 14.0. The quantitative estimate of drug-likeness (QED) is 0.765. The molecule has 130 valence electrons. The fourth-order valence-corrected chi connectivity index (χ4v) is 4.51. The number of hydrogen-bond donors (Lipinski definition) is 1. The van der Waals surface area contributed by atoms with E-state index in [-0.39, 0.29) is 0 Å². The molecular formula is C19H21N3O2S. The van der Waals surface area contributed by atoms with Crippen molar-refractivity contribution in [1.82, 2.24) is 14.5 Å². The standard InChI is InChI=1S/C19H21N3O2S/c23-25(24,18-10-9-15-5-1-2-6-16(15)13-18)21-11-12-22-19-8-4-3-7-17(19)14-20-22/h1-2,5-6,9-10,13-14,21H,3-4,7-8,11-12H2. The topological polar surface area (TPSA) is 64.0 Å². The minimum Gasteiger partial charge on any atom is -0.268 e. The fraction of sp³-hybridized carbons (Fsp3) is 0.316. The third-order valence-electron chi connectivity index (χ3n) is 4.79. The molecule has 0 bridgehead atoms. The van der Waals surface area contributed by atoms with Gasteiger partial charge in [0, 0.05) is 12.2 Å². The van der Waals surface area contributed by atoms with E-state index in [1.165, 1.54) is 24.1 Å². The summed E-state index contributed by atoms with van der Waals surface area (Å²) in [5.74, 6) is 0. The van der Waals surface area contributed by atoms with Gasteiger partial charge in [0.2, 0.25) is 10.0 Å². The van der Waals surface area contributed by atoms with E-state index in [0.717, 1.165) is 23.6 Å². The monoisotopic (exact) mass is 355 g/mol. The van der Waals surface area contributed by atoms with E-state index < -0.39 is 10.0 Å². The predicted molar refractivity (Wildman–Crippen MR) is 98.0 cm³/mol. The molecule has 0 saturated heterocycles. The van der Waals surface area contributed by atoms with Gasteiger partial charge in [0.1, 0.15) is 0 Å². The Bertz CT molecular complexity index is 1010. The van der Waals surface area contributed by atoms with Crippen LogP contribution in [0.25, 0.3) is 10.8 Å². The van der Waals surface area contributed by atoms with Gasteiger partial charge in [-0.2, -0.15) is 5.10 Å². The summed E-state index contributed by atoms with van der Waals surface area (Å²) in [7, 11) is -3.52. The number of fused-ring (bicyclic) bond motifs is 2. The smallest absolute Gasteiger partial charge is 0.240 e. The number of aryl methyl sites for hydroxylation is 1. The lowest BCUT2D eigenvalue weighted by Gasteiger charge is -2.14. The molecule has 1 aliphatic carbocycles. The molecule has 3 aromatic rings. The predicted octanol–water partition coefficient (Wildman–Crippen LogP) is 2.89. The highest BCUT2D eigenvalue weighted by Gasteiger charge is 2.17. The molecule has 2 aromatic carbocycles. The van der Waals surface area contributed by atoms with Crippen molar-refractivity contribution in [2.24, 2.45) is 0 Å². The van der Waals surface area contributed by atoms with Crippen LogP contribution in [0.3, 0.4) is 0 Å². The van der Waals surface area contributed by atoms with Crippen molar-refractivity contribution >= 4 is 20.8 Å². The van der Waals surface area contributed by atoms with Crippen LogP contribution in [-0.2, 0) is 29.4 Å². The summed E-state index contributed by atoms with van der Waals surface area (Å²) >= 11 is 0. The first-order valence-corrected chi connectivity index (χ1v) is 10.1. The Balaban J connectivity index is 1.46. The lowest BCUT2D eigenvalue weighted by Crippen LogP contribution is -2.28. The van der Waals surface area contributed by atoms with Crippen LogP contribution in [0.15, 0.2) is 53.6 Å². The molecule has 0 aliphatic heterocycles. The van der Waals surface area contributed by atoms with Gasteiger partial charge in [0.05, 0.1) is 17.6 Å². The van der Waals surface area contributed by atoms with Crippen molar-refractivity contribution in [3.63, 3.8) is 0 Å². The third-order valence-corrected chi connectivity index (χ3v) is 6.25. The largest absolute Gasteiger partial charge is 0.268 e. The summed E-state index contributed by atoms with van der Waals surface area (Å²) in [6.07, 6.45) is 6.44. The molecule has 0 fully saturated rings. The van der Waals surface area contributed by atoms with Crippen LogP contribution in [0.5, 0.6) is 0 Å². The fourth-order valence-electron chi connectivity index (χ4n) is 3.45. The van der Waals surface area contributed by atoms with Crippen LogP contribution in [-0.4, -0.2) is 24.7 Å². The molecule has 0 radical (unpaired) electrons. The summed E-state index contributed by atoms with van der Waals surface area (Å²) in [5, 5.41) is 6.37. The second kappa shape index (κ2) is 6.61. The highest BCUT2D eigenvalue weighted by molar-refractivity contribution is 7.89. The van der Waals surface area contributed by atoms with Crippen LogP contribution < -0.4 is 4.72 Å². The maximum Gasteiger partial charge on any atom is 0.240 e. The third kappa shape index (κ3) is 3.32. The van der Waals surface area contributed by atoms with Crippen molar-refractivity contribution in [1.29, 1.82) is 0 Å². The molecule has 0 amide bonds. The van der Waals surface area contributed by atoms with Crippen LogP contribution in [0, 0.1) is 0 Å². The van der Waals surface area contributed by atoms with Crippen molar-refractivity contribution in [3.05, 3.63) is 59.9 Å². The van der Waals surface area contributed by atoms with Gasteiger partial charge in [0.15, 0.2) is 0 Å². The zero-order valence-corrected chi connectivity index (χ0v) is 14.8. The maximum atomic E-state index is 12.6. The molecule has 1 N–H and O–H groups in total. The number of benzene rings is 2. The van der Waals surface area contributed by atoms with Crippen LogP contribution in [0.1, 0.15) is 24.1 Å². The molecule has 0 unspecified atom stereocenters. The van der Waals surface area contributed by atoms with E-state index in [2.05, 4.69) is 9.82 Å². The first-order valence-electron chi connectivity index (χ1n) is 8.65. The molecule has 0 saturated carbocycles. The maximum absolute atomic E-state index is 12.6. The lowest BCUT2D eigenvalue weighted by atomic mass is 9.98. The molecule has 1 aliphatic rings. The van der Waals surface area contributed by atoms with E-state index in [0.29, 0.717) is 18.0 Å². The van der Waals surface area contributed by atoms with E-state index in [1.54, 1.807) is 12.1 Å². The normalized spacial score (nSPS) is 14.6. The Morgan fingerprint density at radius 2 is 1.84 bits per heavy atom. The molecule has 1 heterocycles. The molecule has 1 aromatic heterocycles. The first-order chi connectivity index (χ1) is 12.1. The van der Waals surface area contributed by atoms with Gasteiger partial charge in [-0.15, -0.1) is 0 Å². The number of rotatable bonds is 5. The summed E-state index contributed by atoms with van der Waals surface area (Å²) in [6.45, 7) is 0.894. The van der Waals surface area contributed by atoms with E-state index in [1.807, 2.05) is 41.2 Å². The van der Waals surface area contributed by atoms with Gasteiger partial charge < -0.3 is 0 Å². The van der Waals surface area contributed by atoms with Crippen LogP contribution in [0.4, 0.5) is 0 Å². The number of aromatic nitrogens is 2. The molecule has 5 nitrogen and oxygen atoms in total. The molecule has 4 rings (SSSR count). The van der Waals surface area contributed by atoms with Crippen LogP contribution >= 0.6 is 0 Å². The minimum atomic E-state index is -3.52. The second-order valence-corrected chi connectivity index (χ2v) is 8.22. The van der Waals surface area contributed by atoms with Gasteiger partial charge in [-0.1, -0.05) is 30.3 Å². The van der Waals surface area contributed by atoms with Gasteiger partial charge in [-0.05, 0) is 54.2 Å². The first kappa shape index (κ1) is 16.3. The van der Waals surface area contributed by atoms with Crippen molar-refractivity contribution in [2.75, 3.05) is 6.54 Å². The van der Waals surface area contributed by atoms with Crippen molar-refractivity contribution < 1.29 is 8.42 Å². The molecule has 6 heteroatoms. The molecule has 0 atom stereocenters. The summed E-state index contributed by atoms with van der Waals surface area (Å²) in [4.78, 5) is 0.300. The van der Waals surface area contributed by atoms with Gasteiger partial charge in [-0.3, -0.25) is 4.68 Å². The van der Waals surface area contributed by atoms with Crippen LogP contribution in [0.2, 0.25) is 0 Å². The van der Waals surface area contributed by atoms with Gasteiger partial charge >= 0.3 is 0 Å². The average Bonchev–Trinajstić information content (AvgIpc) is 3.04. The van der Waals surface area contributed by atoms with E-state index in [9.17, 15) is 8.42 Å². The summed E-state index contributed by atoms with van der Waals surface area (Å²) in [6, 6.07) is 13.0.